The fourth-order valence-electron chi connectivity index (χ4n) is 5.69. The number of imide groups is 1. The predicted molar refractivity (Wildman–Crippen MR) is 190 cm³/mol. The van der Waals surface area contributed by atoms with Crippen molar-refractivity contribution in [1.29, 1.82) is 0 Å². The minimum absolute atomic E-state index is 0.151. The maximum atomic E-state index is 15.6. The molecule has 0 spiro atoms. The van der Waals surface area contributed by atoms with Gasteiger partial charge in [-0.3, -0.25) is 4.68 Å². The first-order valence-electron chi connectivity index (χ1n) is 17.1. The topological polar surface area (TPSA) is 112 Å². The minimum Gasteiger partial charge on any atom is -0.457 e. The number of aromatic nitrogens is 4. The van der Waals surface area contributed by atoms with Crippen molar-refractivity contribution in [2.45, 2.75) is 91.9 Å². The number of carbonyl (C=O) groups excluding carboxylic acids is 2. The molecule has 4 aromatic rings. The average molecular weight is 705 g/mol. The van der Waals surface area contributed by atoms with E-state index >= 15 is 8.78 Å². The van der Waals surface area contributed by atoms with Crippen LogP contribution < -0.4 is 14.5 Å². The average Bonchev–Trinajstić information content (AvgIpc) is 3.49. The monoisotopic (exact) mass is 704 g/mol. The van der Waals surface area contributed by atoms with Crippen molar-refractivity contribution < 1.29 is 32.6 Å². The highest BCUT2D eigenvalue weighted by Crippen LogP contribution is 2.35. The van der Waals surface area contributed by atoms with E-state index in [0.717, 1.165) is 61.3 Å². The van der Waals surface area contributed by atoms with E-state index in [1.807, 2.05) is 47.7 Å². The van der Waals surface area contributed by atoms with E-state index in [9.17, 15) is 9.59 Å². The number of nitrogens with zero attached hydrogens (tertiary/aromatic N) is 6. The zero-order valence-electron chi connectivity index (χ0n) is 30.4. The first kappa shape index (κ1) is 37.2. The Kier molecular flexibility index (Phi) is 11.0. The molecule has 0 saturated carbocycles. The Morgan fingerprint density at radius 3 is 2.00 bits per heavy atom. The maximum Gasteiger partial charge on any atom is 0.424 e. The number of hydrogen-bond acceptors (Lipinski definition) is 9. The number of hydrogen-bond donors (Lipinski definition) is 0. The van der Waals surface area contributed by atoms with Gasteiger partial charge in [0.05, 0.1) is 6.20 Å². The van der Waals surface area contributed by atoms with E-state index in [0.29, 0.717) is 17.6 Å². The van der Waals surface area contributed by atoms with E-state index in [-0.39, 0.29) is 16.6 Å². The standard InChI is InChI=1S/C38H46F2N6O5/c1-24(2)22-45-23-28(21-43-45)27-19-41-34(42-20-27)44-14-12-25(13-15-44)26-10-9-11-29(16-26)49-30-17-31(39)33(32(40)18-30)46(35(47)50-37(3,4)5)36(48)51-38(6,7)8/h9-11,16-21,23-25H,12-15,22H2,1-8H3. The summed E-state index contributed by atoms with van der Waals surface area (Å²) in [7, 11) is 0. The second kappa shape index (κ2) is 15.0. The lowest BCUT2D eigenvalue weighted by atomic mass is 9.89. The SMILES string of the molecule is CC(C)Cn1cc(-c2cnc(N3CCC(c4cccc(Oc5cc(F)c(N(C(=O)OC(C)(C)C)C(=O)OC(C)(C)C)c(F)c5)c4)CC3)nc2)cn1. The van der Waals surface area contributed by atoms with Gasteiger partial charge in [0.25, 0.3) is 0 Å². The normalized spacial score (nSPS) is 14.1. The third-order valence-corrected chi connectivity index (χ3v) is 7.87. The van der Waals surface area contributed by atoms with Crippen LogP contribution in [0, 0.1) is 17.6 Å². The van der Waals surface area contributed by atoms with Gasteiger partial charge < -0.3 is 19.1 Å². The van der Waals surface area contributed by atoms with Gasteiger partial charge >= 0.3 is 12.2 Å². The Hall–Kier alpha value is -5.07. The fourth-order valence-corrected chi connectivity index (χ4v) is 5.69. The summed E-state index contributed by atoms with van der Waals surface area (Å²) in [6.45, 7) is 16.1. The Labute approximate surface area is 297 Å². The molecular weight excluding hydrogens is 658 g/mol. The molecule has 0 unspecified atom stereocenters. The van der Waals surface area contributed by atoms with Crippen molar-refractivity contribution in [1.82, 2.24) is 19.7 Å². The van der Waals surface area contributed by atoms with E-state index < -0.39 is 40.7 Å². The van der Waals surface area contributed by atoms with E-state index in [1.54, 1.807) is 47.6 Å². The summed E-state index contributed by atoms with van der Waals surface area (Å²) in [4.78, 5) is 37.6. The number of amides is 2. The van der Waals surface area contributed by atoms with Crippen molar-refractivity contribution in [3.63, 3.8) is 0 Å². The molecule has 0 radical (unpaired) electrons. The third-order valence-electron chi connectivity index (χ3n) is 7.87. The van der Waals surface area contributed by atoms with Crippen LogP contribution in [0.25, 0.3) is 11.1 Å². The Morgan fingerprint density at radius 1 is 0.863 bits per heavy atom. The quantitative estimate of drug-likeness (QED) is 0.177. The molecule has 2 aromatic heterocycles. The molecule has 0 atom stereocenters. The summed E-state index contributed by atoms with van der Waals surface area (Å²) in [5, 5.41) is 4.44. The zero-order chi connectivity index (χ0) is 37.1. The molecular formula is C38H46F2N6O5. The molecule has 0 bridgehead atoms. The summed E-state index contributed by atoms with van der Waals surface area (Å²) < 4.78 is 49.5. The molecule has 2 amide bonds. The van der Waals surface area contributed by atoms with E-state index in [2.05, 4.69) is 33.8 Å². The molecule has 1 aliphatic heterocycles. The molecule has 1 fully saturated rings. The summed E-state index contributed by atoms with van der Waals surface area (Å²) in [5.41, 5.74) is -0.101. The molecule has 1 saturated heterocycles. The number of rotatable bonds is 8. The number of benzene rings is 2. The molecule has 3 heterocycles. The van der Waals surface area contributed by atoms with Gasteiger partial charge in [0.2, 0.25) is 5.95 Å². The van der Waals surface area contributed by atoms with Crippen LogP contribution in [-0.2, 0) is 16.0 Å². The molecule has 272 valence electrons. The lowest BCUT2D eigenvalue weighted by Crippen LogP contribution is -2.44. The van der Waals surface area contributed by atoms with Crippen LogP contribution in [0.3, 0.4) is 0 Å². The van der Waals surface area contributed by atoms with Crippen molar-refractivity contribution in [3.05, 3.63) is 78.4 Å². The van der Waals surface area contributed by atoms with Crippen molar-refractivity contribution in [2.75, 3.05) is 22.9 Å². The highest BCUT2D eigenvalue weighted by Gasteiger charge is 2.36. The van der Waals surface area contributed by atoms with Crippen LogP contribution in [0.2, 0.25) is 0 Å². The summed E-state index contributed by atoms with van der Waals surface area (Å²) in [5.74, 6) is -0.783. The van der Waals surface area contributed by atoms with Crippen molar-refractivity contribution >= 4 is 23.8 Å². The van der Waals surface area contributed by atoms with Gasteiger partial charge in [-0.1, -0.05) is 26.0 Å². The van der Waals surface area contributed by atoms with Gasteiger partial charge in [-0.25, -0.2) is 28.3 Å². The van der Waals surface area contributed by atoms with Gasteiger partial charge in [0.15, 0.2) is 11.6 Å². The summed E-state index contributed by atoms with van der Waals surface area (Å²) >= 11 is 0. The Morgan fingerprint density at radius 2 is 1.45 bits per heavy atom. The van der Waals surface area contributed by atoms with Gasteiger partial charge in [0.1, 0.15) is 28.4 Å². The molecule has 1 aliphatic rings. The highest BCUT2D eigenvalue weighted by atomic mass is 19.1. The Bertz CT molecular complexity index is 1790. The Balaban J connectivity index is 1.25. The lowest BCUT2D eigenvalue weighted by molar-refractivity contribution is 0.0426. The number of halogens is 2. The van der Waals surface area contributed by atoms with Gasteiger partial charge in [0, 0.05) is 61.5 Å². The van der Waals surface area contributed by atoms with Crippen molar-refractivity contribution in [2.24, 2.45) is 5.92 Å². The fraction of sp³-hybridized carbons (Fsp3) is 0.447. The van der Waals surface area contributed by atoms with Crippen LogP contribution >= 0.6 is 0 Å². The van der Waals surface area contributed by atoms with Crippen LogP contribution in [-0.4, -0.2) is 56.2 Å². The van der Waals surface area contributed by atoms with Gasteiger partial charge in [-0.2, -0.15) is 10.00 Å². The molecule has 0 N–H and O–H groups in total. The predicted octanol–water partition coefficient (Wildman–Crippen LogP) is 9.13. The first-order valence-corrected chi connectivity index (χ1v) is 17.1. The molecule has 2 aromatic carbocycles. The number of carbonyl (C=O) groups is 2. The van der Waals surface area contributed by atoms with Gasteiger partial charge in [-0.15, -0.1) is 0 Å². The van der Waals surface area contributed by atoms with Crippen LogP contribution in [0.1, 0.15) is 79.7 Å². The lowest BCUT2D eigenvalue weighted by Gasteiger charge is -2.32. The largest absolute Gasteiger partial charge is 0.457 e. The molecule has 13 heteroatoms. The van der Waals surface area contributed by atoms with Crippen LogP contribution in [0.4, 0.5) is 30.0 Å². The highest BCUT2D eigenvalue weighted by molar-refractivity contribution is 6.09. The van der Waals surface area contributed by atoms with Crippen molar-refractivity contribution in [3.8, 4) is 22.6 Å². The molecule has 51 heavy (non-hydrogen) atoms. The molecule has 11 nitrogen and oxygen atoms in total. The zero-order valence-corrected chi connectivity index (χ0v) is 30.4. The minimum atomic E-state index is -1.28. The summed E-state index contributed by atoms with van der Waals surface area (Å²) in [6.07, 6.45) is 6.63. The molecule has 5 rings (SSSR count). The maximum absolute atomic E-state index is 15.6. The van der Waals surface area contributed by atoms with Gasteiger partial charge in [-0.05, 0) is 83.9 Å². The van der Waals surface area contributed by atoms with Crippen LogP contribution in [0.5, 0.6) is 11.5 Å². The number of piperidine rings is 1. The van der Waals surface area contributed by atoms with E-state index in [4.69, 9.17) is 14.2 Å². The number of anilines is 2. The smallest absolute Gasteiger partial charge is 0.424 e. The second-order valence-electron chi connectivity index (χ2n) is 15.1. The third kappa shape index (κ3) is 9.80. The second-order valence-corrected chi connectivity index (χ2v) is 15.1. The summed E-state index contributed by atoms with van der Waals surface area (Å²) in [6, 6.07) is 9.20. The number of ether oxygens (including phenoxy) is 3. The first-order chi connectivity index (χ1) is 24.0. The van der Waals surface area contributed by atoms with Crippen LogP contribution in [0.15, 0.2) is 61.2 Å². The molecule has 0 aliphatic carbocycles. The van der Waals surface area contributed by atoms with E-state index in [1.165, 1.54) is 0 Å².